The molecule has 2 aromatic carbocycles. The molecule has 1 fully saturated rings. The molecule has 0 N–H and O–H groups in total. The van der Waals surface area contributed by atoms with Gasteiger partial charge in [-0.2, -0.15) is 0 Å². The molecule has 0 aliphatic carbocycles. The summed E-state index contributed by atoms with van der Waals surface area (Å²) >= 11 is 0. The molecular formula is C27H37N3O. The summed E-state index contributed by atoms with van der Waals surface area (Å²) in [5.74, 6) is 0.607. The van der Waals surface area contributed by atoms with Gasteiger partial charge in [0.2, 0.25) is 0 Å². The van der Waals surface area contributed by atoms with E-state index in [1.165, 1.54) is 5.69 Å². The lowest BCUT2D eigenvalue weighted by Crippen LogP contribution is -2.52. The molecule has 0 bridgehead atoms. The Balaban J connectivity index is 1.92. The van der Waals surface area contributed by atoms with Crippen molar-refractivity contribution >= 4 is 17.3 Å². The zero-order chi connectivity index (χ0) is 22.4. The maximum absolute atomic E-state index is 12.8. The molecule has 4 heteroatoms. The molecule has 0 unspecified atom stereocenters. The number of para-hydroxylation sites is 1. The van der Waals surface area contributed by atoms with Crippen molar-refractivity contribution in [2.45, 2.75) is 46.2 Å². The highest BCUT2D eigenvalue weighted by Crippen LogP contribution is 2.36. The van der Waals surface area contributed by atoms with Crippen molar-refractivity contribution in [1.29, 1.82) is 0 Å². The summed E-state index contributed by atoms with van der Waals surface area (Å²) < 4.78 is 0. The second-order valence-corrected chi connectivity index (χ2v) is 8.60. The third-order valence-electron chi connectivity index (χ3n) is 6.56. The number of nitrogens with zero attached hydrogens (tertiary/aromatic N) is 3. The molecule has 0 aromatic heterocycles. The first-order chi connectivity index (χ1) is 15.0. The number of carbonyl (C=O) groups excluding carboxylic acids is 1. The molecular weight excluding hydrogens is 382 g/mol. The van der Waals surface area contributed by atoms with Crippen LogP contribution < -0.4 is 4.90 Å². The standard InChI is InChI=1S/C27H37N3O/c1-6-18-29-20-21(4)26(19-22(29)5)30(24-12-10-9-11-13-24)25-16-14-23(15-17-25)27(31)28(7-2)8-3/h6,9-17,21-22,26H,1,7-8,18-20H2,2-5H3/t21-,22+,26-/m0/s1. The minimum atomic E-state index is 0.0996. The molecule has 1 aliphatic rings. The first-order valence-electron chi connectivity index (χ1n) is 11.6. The average molecular weight is 420 g/mol. The third kappa shape index (κ3) is 5.19. The van der Waals surface area contributed by atoms with Gasteiger partial charge in [0.05, 0.1) is 0 Å². The fraction of sp³-hybridized carbons (Fsp3) is 0.444. The largest absolute Gasteiger partial charge is 0.339 e. The van der Waals surface area contributed by atoms with E-state index in [-0.39, 0.29) is 5.91 Å². The van der Waals surface area contributed by atoms with Crippen LogP contribution in [0.3, 0.4) is 0 Å². The number of carbonyl (C=O) groups is 1. The number of hydrogen-bond acceptors (Lipinski definition) is 3. The van der Waals surface area contributed by atoms with Crippen molar-refractivity contribution in [3.8, 4) is 0 Å². The second kappa shape index (κ2) is 10.6. The van der Waals surface area contributed by atoms with Gasteiger partial charge in [0.25, 0.3) is 5.91 Å². The number of anilines is 2. The van der Waals surface area contributed by atoms with Crippen LogP contribution in [0.5, 0.6) is 0 Å². The summed E-state index contributed by atoms with van der Waals surface area (Å²) in [6.45, 7) is 16.1. The molecule has 1 aliphatic heterocycles. The molecule has 2 aromatic rings. The number of hydrogen-bond donors (Lipinski definition) is 0. The monoisotopic (exact) mass is 419 g/mol. The van der Waals surface area contributed by atoms with Crippen LogP contribution in [-0.4, -0.2) is 54.0 Å². The minimum absolute atomic E-state index is 0.0996. The summed E-state index contributed by atoms with van der Waals surface area (Å²) in [4.78, 5) is 19.6. The van der Waals surface area contributed by atoms with Crippen LogP contribution in [0.1, 0.15) is 44.5 Å². The molecule has 0 saturated carbocycles. The lowest BCUT2D eigenvalue weighted by Gasteiger charge is -2.46. The minimum Gasteiger partial charge on any atom is -0.339 e. The quantitative estimate of drug-likeness (QED) is 0.522. The third-order valence-corrected chi connectivity index (χ3v) is 6.56. The van der Waals surface area contributed by atoms with E-state index in [1.807, 2.05) is 37.0 Å². The Kier molecular flexibility index (Phi) is 7.91. The lowest BCUT2D eigenvalue weighted by molar-refractivity contribution is 0.0773. The highest BCUT2D eigenvalue weighted by molar-refractivity contribution is 5.94. The van der Waals surface area contributed by atoms with Crippen molar-refractivity contribution < 1.29 is 4.79 Å². The Bertz CT molecular complexity index is 845. The smallest absolute Gasteiger partial charge is 0.253 e. The van der Waals surface area contributed by atoms with Gasteiger partial charge in [0, 0.05) is 55.2 Å². The zero-order valence-electron chi connectivity index (χ0n) is 19.5. The molecule has 166 valence electrons. The SMILES string of the molecule is C=CCN1C[C@H](C)[C@@H](N(c2ccccc2)c2ccc(C(=O)N(CC)CC)cc2)C[C@H]1C. The van der Waals surface area contributed by atoms with Crippen molar-refractivity contribution in [2.75, 3.05) is 31.1 Å². The van der Waals surface area contributed by atoms with Gasteiger partial charge in [-0.3, -0.25) is 9.69 Å². The molecule has 1 saturated heterocycles. The predicted molar refractivity (Wildman–Crippen MR) is 131 cm³/mol. The van der Waals surface area contributed by atoms with Gasteiger partial charge in [-0.15, -0.1) is 6.58 Å². The highest BCUT2D eigenvalue weighted by Gasteiger charge is 2.35. The van der Waals surface area contributed by atoms with Crippen LogP contribution in [0.15, 0.2) is 67.3 Å². The molecule has 3 rings (SSSR count). The first-order valence-corrected chi connectivity index (χ1v) is 11.6. The van der Waals surface area contributed by atoms with E-state index in [0.29, 0.717) is 18.0 Å². The van der Waals surface area contributed by atoms with E-state index in [2.05, 4.69) is 72.7 Å². The average Bonchev–Trinajstić information content (AvgIpc) is 2.79. The fourth-order valence-corrected chi connectivity index (χ4v) is 4.76. The van der Waals surface area contributed by atoms with Gasteiger partial charge in [-0.1, -0.05) is 31.2 Å². The Labute approximate surface area is 188 Å². The van der Waals surface area contributed by atoms with Gasteiger partial charge >= 0.3 is 0 Å². The summed E-state index contributed by atoms with van der Waals surface area (Å²) in [6, 6.07) is 19.7. The molecule has 31 heavy (non-hydrogen) atoms. The maximum Gasteiger partial charge on any atom is 0.253 e. The Morgan fingerprint density at radius 2 is 1.65 bits per heavy atom. The summed E-state index contributed by atoms with van der Waals surface area (Å²) in [7, 11) is 0. The normalized spacial score (nSPS) is 21.5. The molecule has 3 atom stereocenters. The van der Waals surface area contributed by atoms with E-state index in [1.54, 1.807) is 0 Å². The van der Waals surface area contributed by atoms with Crippen molar-refractivity contribution in [3.05, 3.63) is 72.8 Å². The van der Waals surface area contributed by atoms with Gasteiger partial charge in [0.15, 0.2) is 0 Å². The molecule has 1 amide bonds. The zero-order valence-corrected chi connectivity index (χ0v) is 19.5. The molecule has 0 spiro atoms. The Morgan fingerprint density at radius 1 is 1.03 bits per heavy atom. The van der Waals surface area contributed by atoms with Gasteiger partial charge < -0.3 is 9.80 Å². The van der Waals surface area contributed by atoms with Gasteiger partial charge in [-0.25, -0.2) is 0 Å². The van der Waals surface area contributed by atoms with Crippen LogP contribution in [0.2, 0.25) is 0 Å². The maximum atomic E-state index is 12.8. The van der Waals surface area contributed by atoms with E-state index in [4.69, 9.17) is 0 Å². The lowest BCUT2D eigenvalue weighted by atomic mass is 9.87. The van der Waals surface area contributed by atoms with Crippen molar-refractivity contribution in [2.24, 2.45) is 5.92 Å². The topological polar surface area (TPSA) is 26.8 Å². The van der Waals surface area contributed by atoms with Crippen LogP contribution >= 0.6 is 0 Å². The number of benzene rings is 2. The number of piperidine rings is 1. The second-order valence-electron chi connectivity index (χ2n) is 8.60. The number of likely N-dealkylation sites (tertiary alicyclic amines) is 1. The van der Waals surface area contributed by atoms with Gasteiger partial charge in [-0.05, 0) is 69.5 Å². The number of rotatable bonds is 8. The van der Waals surface area contributed by atoms with Crippen molar-refractivity contribution in [1.82, 2.24) is 9.80 Å². The first kappa shape index (κ1) is 23.1. The van der Waals surface area contributed by atoms with Crippen LogP contribution in [0.4, 0.5) is 11.4 Å². The molecule has 4 nitrogen and oxygen atoms in total. The van der Waals surface area contributed by atoms with Crippen LogP contribution in [-0.2, 0) is 0 Å². The van der Waals surface area contributed by atoms with E-state index < -0.39 is 0 Å². The van der Waals surface area contributed by atoms with Gasteiger partial charge in [0.1, 0.15) is 0 Å². The van der Waals surface area contributed by atoms with Crippen molar-refractivity contribution in [3.63, 3.8) is 0 Å². The summed E-state index contributed by atoms with van der Waals surface area (Å²) in [5.41, 5.74) is 3.10. The molecule has 0 radical (unpaired) electrons. The molecule has 1 heterocycles. The van der Waals surface area contributed by atoms with Crippen LogP contribution in [0, 0.1) is 5.92 Å². The fourth-order valence-electron chi connectivity index (χ4n) is 4.76. The number of amides is 1. The summed E-state index contributed by atoms with van der Waals surface area (Å²) in [6.07, 6.45) is 3.09. The Morgan fingerprint density at radius 3 is 2.23 bits per heavy atom. The predicted octanol–water partition coefficient (Wildman–Crippen LogP) is 5.59. The van der Waals surface area contributed by atoms with E-state index >= 15 is 0 Å². The van der Waals surface area contributed by atoms with E-state index in [9.17, 15) is 4.79 Å². The Hall–Kier alpha value is -2.59. The van der Waals surface area contributed by atoms with E-state index in [0.717, 1.165) is 43.9 Å². The highest BCUT2D eigenvalue weighted by atomic mass is 16.2. The van der Waals surface area contributed by atoms with Crippen LogP contribution in [0.25, 0.3) is 0 Å². The summed E-state index contributed by atoms with van der Waals surface area (Å²) in [5, 5.41) is 0.